The zero-order valence-corrected chi connectivity index (χ0v) is 9.86. The second-order valence-corrected chi connectivity index (χ2v) is 4.73. The Bertz CT molecular complexity index is 189. The molecule has 0 aliphatic carbocycles. The molecule has 5 heteroatoms. The molecule has 2 unspecified atom stereocenters. The third kappa shape index (κ3) is 3.40. The monoisotopic (exact) mass is 298 g/mol. The number of nitrogens with zero attached hydrogens (tertiary/aromatic N) is 1. The van der Waals surface area contributed by atoms with Crippen molar-refractivity contribution in [2.75, 3.05) is 20.2 Å². The minimum Gasteiger partial charge on any atom is -0.380 e. The van der Waals surface area contributed by atoms with Gasteiger partial charge in [0.2, 0.25) is 5.91 Å². The van der Waals surface area contributed by atoms with E-state index < -0.39 is 0 Å². The van der Waals surface area contributed by atoms with Gasteiger partial charge in [-0.05, 0) is 12.3 Å². The van der Waals surface area contributed by atoms with Gasteiger partial charge in [-0.25, -0.2) is 3.11 Å². The molecule has 0 saturated carbocycles. The van der Waals surface area contributed by atoms with Crippen LogP contribution in [0.25, 0.3) is 0 Å². The lowest BCUT2D eigenvalue weighted by Crippen LogP contribution is -2.41. The van der Waals surface area contributed by atoms with E-state index in [0.717, 1.165) is 19.5 Å². The Morgan fingerprint density at radius 2 is 2.46 bits per heavy atom. The normalized spacial score (nSPS) is 30.3. The zero-order chi connectivity index (χ0) is 9.84. The number of nitrogens with two attached hydrogens (primary N) is 1. The molecule has 0 spiro atoms. The van der Waals surface area contributed by atoms with Crippen LogP contribution in [0.4, 0.5) is 0 Å². The summed E-state index contributed by atoms with van der Waals surface area (Å²) in [5.41, 5.74) is 5.16. The fourth-order valence-corrected chi connectivity index (χ4v) is 2.35. The predicted molar refractivity (Wildman–Crippen MR) is 58.3 cm³/mol. The van der Waals surface area contributed by atoms with Gasteiger partial charge in [0.1, 0.15) is 0 Å². The van der Waals surface area contributed by atoms with Crippen molar-refractivity contribution in [3.63, 3.8) is 0 Å². The van der Waals surface area contributed by atoms with Gasteiger partial charge in [-0.2, -0.15) is 0 Å². The maximum Gasteiger partial charge on any atom is 0.217 e. The van der Waals surface area contributed by atoms with Gasteiger partial charge in [-0.15, -0.1) is 0 Å². The molecule has 1 rings (SSSR count). The number of amides is 1. The van der Waals surface area contributed by atoms with Gasteiger partial charge in [0, 0.05) is 49.5 Å². The van der Waals surface area contributed by atoms with Crippen molar-refractivity contribution in [3.8, 4) is 0 Å². The molecule has 1 aliphatic rings. The van der Waals surface area contributed by atoms with Crippen LogP contribution in [-0.2, 0) is 9.53 Å². The lowest BCUT2D eigenvalue weighted by molar-refractivity contribution is -0.120. The minimum absolute atomic E-state index is 0.151. The van der Waals surface area contributed by atoms with E-state index in [1.54, 1.807) is 7.11 Å². The number of piperidine rings is 1. The Kier molecular flexibility index (Phi) is 4.40. The van der Waals surface area contributed by atoms with Gasteiger partial charge in [-0.1, -0.05) is 0 Å². The zero-order valence-electron chi connectivity index (χ0n) is 7.70. The Labute approximate surface area is 92.3 Å². The van der Waals surface area contributed by atoms with Crippen LogP contribution in [0.3, 0.4) is 0 Å². The number of hydrogen-bond donors (Lipinski definition) is 1. The molecule has 0 radical (unpaired) electrons. The molecule has 0 aromatic rings. The highest BCUT2D eigenvalue weighted by molar-refractivity contribution is 14.1. The molecule has 1 aliphatic heterocycles. The topological polar surface area (TPSA) is 55.6 Å². The molecule has 1 fully saturated rings. The van der Waals surface area contributed by atoms with Gasteiger partial charge in [0.25, 0.3) is 0 Å². The average molecular weight is 298 g/mol. The van der Waals surface area contributed by atoms with Crippen LogP contribution in [0.1, 0.15) is 12.8 Å². The van der Waals surface area contributed by atoms with Crippen LogP contribution in [0.15, 0.2) is 0 Å². The number of rotatable bonds is 3. The van der Waals surface area contributed by atoms with E-state index in [2.05, 4.69) is 26.0 Å². The molecule has 2 N–H and O–H groups in total. The van der Waals surface area contributed by atoms with E-state index in [-0.39, 0.29) is 12.0 Å². The molecular formula is C8H15IN2O2. The van der Waals surface area contributed by atoms with Gasteiger partial charge < -0.3 is 10.5 Å². The standard InChI is InChI=1S/C8H15IN2O2/c1-13-7-5-11(9)3-2-6(7)4-8(10)12/h6-7H,2-5H2,1H3,(H2,10,12). The lowest BCUT2D eigenvalue weighted by Gasteiger charge is -2.34. The smallest absolute Gasteiger partial charge is 0.217 e. The predicted octanol–water partition coefficient (Wildman–Crippen LogP) is 0.549. The first-order chi connectivity index (χ1) is 6.13. The summed E-state index contributed by atoms with van der Waals surface area (Å²) in [5, 5.41) is 0. The summed E-state index contributed by atoms with van der Waals surface area (Å²) in [6.07, 6.45) is 1.59. The largest absolute Gasteiger partial charge is 0.380 e. The summed E-state index contributed by atoms with van der Waals surface area (Å²) >= 11 is 2.28. The number of methoxy groups -OCH3 is 1. The first-order valence-electron chi connectivity index (χ1n) is 4.35. The Hall–Kier alpha value is 0.120. The van der Waals surface area contributed by atoms with Crippen LogP contribution in [0, 0.1) is 5.92 Å². The highest BCUT2D eigenvalue weighted by Gasteiger charge is 2.29. The molecular weight excluding hydrogens is 283 g/mol. The Balaban J connectivity index is 2.47. The molecule has 0 aromatic heterocycles. The van der Waals surface area contributed by atoms with Crippen LogP contribution < -0.4 is 5.73 Å². The second kappa shape index (κ2) is 5.11. The summed E-state index contributed by atoms with van der Waals surface area (Å²) < 4.78 is 7.50. The molecule has 76 valence electrons. The molecule has 1 heterocycles. The number of halogens is 1. The number of ether oxygens (including phenoxy) is 1. The third-order valence-corrected chi connectivity index (χ3v) is 3.29. The van der Waals surface area contributed by atoms with Crippen molar-refractivity contribution >= 4 is 28.8 Å². The van der Waals surface area contributed by atoms with Crippen molar-refractivity contribution in [1.29, 1.82) is 0 Å². The van der Waals surface area contributed by atoms with E-state index in [0.29, 0.717) is 12.3 Å². The quantitative estimate of drug-likeness (QED) is 0.611. The van der Waals surface area contributed by atoms with E-state index >= 15 is 0 Å². The molecule has 1 saturated heterocycles. The average Bonchev–Trinajstić information content (AvgIpc) is 2.07. The molecule has 0 aromatic carbocycles. The number of carbonyl (C=O) groups excluding carboxylic acids is 1. The maximum atomic E-state index is 10.8. The van der Waals surface area contributed by atoms with E-state index in [4.69, 9.17) is 10.5 Å². The van der Waals surface area contributed by atoms with E-state index in [9.17, 15) is 4.79 Å². The molecule has 1 amide bonds. The van der Waals surface area contributed by atoms with E-state index in [1.807, 2.05) is 0 Å². The van der Waals surface area contributed by atoms with Crippen LogP contribution in [0.2, 0.25) is 0 Å². The van der Waals surface area contributed by atoms with Gasteiger partial charge in [0.05, 0.1) is 6.10 Å². The third-order valence-electron chi connectivity index (χ3n) is 2.41. The van der Waals surface area contributed by atoms with Crippen molar-refractivity contribution < 1.29 is 9.53 Å². The molecule has 0 bridgehead atoms. The maximum absolute atomic E-state index is 10.8. The Morgan fingerprint density at radius 3 is 3.00 bits per heavy atom. The SMILES string of the molecule is COC1CN(I)CCC1CC(N)=O. The second-order valence-electron chi connectivity index (χ2n) is 3.36. The first kappa shape index (κ1) is 11.2. The van der Waals surface area contributed by atoms with E-state index in [1.165, 1.54) is 0 Å². The van der Waals surface area contributed by atoms with Crippen molar-refractivity contribution in [1.82, 2.24) is 3.11 Å². The fraction of sp³-hybridized carbons (Fsp3) is 0.875. The summed E-state index contributed by atoms with van der Waals surface area (Å²) in [6, 6.07) is 0. The summed E-state index contributed by atoms with van der Waals surface area (Å²) in [4.78, 5) is 10.8. The van der Waals surface area contributed by atoms with Crippen molar-refractivity contribution in [3.05, 3.63) is 0 Å². The van der Waals surface area contributed by atoms with Crippen molar-refractivity contribution in [2.45, 2.75) is 18.9 Å². The molecule has 2 atom stereocenters. The van der Waals surface area contributed by atoms with Crippen molar-refractivity contribution in [2.24, 2.45) is 11.7 Å². The summed E-state index contributed by atoms with van der Waals surface area (Å²) in [5.74, 6) is 0.0717. The highest BCUT2D eigenvalue weighted by Crippen LogP contribution is 2.24. The van der Waals surface area contributed by atoms with Crippen LogP contribution >= 0.6 is 22.9 Å². The van der Waals surface area contributed by atoms with Crippen LogP contribution in [0.5, 0.6) is 0 Å². The number of primary amides is 1. The van der Waals surface area contributed by atoms with Crippen LogP contribution in [-0.4, -0.2) is 35.3 Å². The lowest BCUT2D eigenvalue weighted by atomic mass is 9.91. The van der Waals surface area contributed by atoms with Gasteiger partial charge in [-0.3, -0.25) is 4.79 Å². The first-order valence-corrected chi connectivity index (χ1v) is 5.31. The fourth-order valence-electron chi connectivity index (χ4n) is 1.69. The number of hydrogen-bond acceptors (Lipinski definition) is 3. The molecule has 4 nitrogen and oxygen atoms in total. The minimum atomic E-state index is -0.228. The Morgan fingerprint density at radius 1 is 1.77 bits per heavy atom. The van der Waals surface area contributed by atoms with Gasteiger partial charge in [0.15, 0.2) is 0 Å². The van der Waals surface area contributed by atoms with Gasteiger partial charge >= 0.3 is 0 Å². The summed E-state index contributed by atoms with van der Waals surface area (Å²) in [7, 11) is 1.69. The summed E-state index contributed by atoms with van der Waals surface area (Å²) in [6.45, 7) is 1.90. The molecule has 13 heavy (non-hydrogen) atoms. The highest BCUT2D eigenvalue weighted by atomic mass is 127. The number of carbonyl (C=O) groups is 1.